The summed E-state index contributed by atoms with van der Waals surface area (Å²) < 4.78 is 5.48. The second kappa shape index (κ2) is 67.8. The van der Waals surface area contributed by atoms with Crippen molar-refractivity contribution in [2.45, 2.75) is 411 Å². The normalized spacial score (nSPS) is 12.6. The predicted molar refractivity (Wildman–Crippen MR) is 343 cm³/mol. The molecule has 6 heteroatoms. The van der Waals surface area contributed by atoms with Crippen molar-refractivity contribution in [2.75, 3.05) is 13.2 Å². The lowest BCUT2D eigenvalue weighted by atomic mass is 10.0. The minimum absolute atomic E-state index is 0.0121. The van der Waals surface area contributed by atoms with Gasteiger partial charge in [0.15, 0.2) is 0 Å². The molecule has 0 saturated carbocycles. The zero-order chi connectivity index (χ0) is 56.4. The Hall–Kier alpha value is -1.66. The van der Waals surface area contributed by atoms with Crippen molar-refractivity contribution in [3.05, 3.63) is 24.3 Å². The Morgan fingerprint density at radius 1 is 0.359 bits per heavy atom. The van der Waals surface area contributed by atoms with Crippen LogP contribution in [0.4, 0.5) is 0 Å². The minimum Gasteiger partial charge on any atom is -0.466 e. The Kier molecular flexibility index (Phi) is 66.4. The lowest BCUT2D eigenvalue weighted by molar-refractivity contribution is -0.143. The zero-order valence-corrected chi connectivity index (χ0v) is 52.9. The molecule has 78 heavy (non-hydrogen) atoms. The molecule has 0 bridgehead atoms. The van der Waals surface area contributed by atoms with Gasteiger partial charge < -0.3 is 20.3 Å². The van der Waals surface area contributed by atoms with Gasteiger partial charge in [-0.3, -0.25) is 9.59 Å². The lowest BCUT2D eigenvalue weighted by Gasteiger charge is -2.22. The number of carbonyl (C=O) groups excluding carboxylic acids is 2. The SMILES string of the molecule is CCCCCCCCCCCCCCCCCCCCCCCCC(O)C(CO)NC(=O)CCCCCCCCCCCCC/C=C\C/C=C\CCCCCCCCCCCOC(=O)CCCCCCCCCCCCCC. The van der Waals surface area contributed by atoms with Crippen LogP contribution in [-0.2, 0) is 14.3 Å². The molecule has 0 heterocycles. The van der Waals surface area contributed by atoms with Gasteiger partial charge in [0.05, 0.1) is 25.4 Å². The van der Waals surface area contributed by atoms with E-state index in [4.69, 9.17) is 4.74 Å². The van der Waals surface area contributed by atoms with Crippen molar-refractivity contribution >= 4 is 11.9 Å². The molecule has 1 amide bonds. The van der Waals surface area contributed by atoms with Crippen LogP contribution in [0, 0.1) is 0 Å². The first-order valence-electron chi connectivity index (χ1n) is 35.6. The number of nitrogens with one attached hydrogen (secondary N) is 1. The van der Waals surface area contributed by atoms with Crippen LogP contribution in [0.2, 0.25) is 0 Å². The van der Waals surface area contributed by atoms with E-state index in [-0.39, 0.29) is 18.5 Å². The second-order valence-corrected chi connectivity index (χ2v) is 24.6. The number of carbonyl (C=O) groups is 2. The highest BCUT2D eigenvalue weighted by Gasteiger charge is 2.20. The van der Waals surface area contributed by atoms with Gasteiger partial charge in [-0.05, 0) is 57.8 Å². The molecule has 0 saturated heterocycles. The van der Waals surface area contributed by atoms with Crippen LogP contribution in [0.3, 0.4) is 0 Å². The van der Waals surface area contributed by atoms with E-state index < -0.39 is 12.1 Å². The van der Waals surface area contributed by atoms with Crippen LogP contribution in [0.15, 0.2) is 24.3 Å². The number of hydrogen-bond acceptors (Lipinski definition) is 5. The highest BCUT2D eigenvalue weighted by Crippen LogP contribution is 2.19. The van der Waals surface area contributed by atoms with Crippen LogP contribution >= 0.6 is 0 Å². The number of allylic oxidation sites excluding steroid dienone is 4. The average Bonchev–Trinajstić information content (AvgIpc) is 3.44. The van der Waals surface area contributed by atoms with Crippen LogP contribution in [0.5, 0.6) is 0 Å². The third kappa shape index (κ3) is 63.5. The van der Waals surface area contributed by atoms with E-state index >= 15 is 0 Å². The summed E-state index contributed by atoms with van der Waals surface area (Å²) in [7, 11) is 0. The quantitative estimate of drug-likeness (QED) is 0.0320. The van der Waals surface area contributed by atoms with E-state index in [1.54, 1.807) is 0 Å². The molecule has 0 aliphatic rings. The van der Waals surface area contributed by atoms with Crippen LogP contribution < -0.4 is 5.32 Å². The molecule has 0 aromatic carbocycles. The fourth-order valence-electron chi connectivity index (χ4n) is 11.3. The molecular weight excluding hydrogens is 959 g/mol. The number of ether oxygens (including phenoxy) is 1. The molecule has 6 nitrogen and oxygen atoms in total. The van der Waals surface area contributed by atoms with E-state index in [2.05, 4.69) is 43.5 Å². The predicted octanol–water partition coefficient (Wildman–Crippen LogP) is 22.9. The number of amides is 1. The monoisotopic (exact) mass is 1100 g/mol. The molecule has 2 atom stereocenters. The largest absolute Gasteiger partial charge is 0.466 e. The maximum absolute atomic E-state index is 12.5. The van der Waals surface area contributed by atoms with Crippen LogP contribution in [0.25, 0.3) is 0 Å². The summed E-state index contributed by atoms with van der Waals surface area (Å²) in [6.45, 7) is 4.99. The van der Waals surface area contributed by atoms with Gasteiger partial charge in [-0.2, -0.15) is 0 Å². The summed E-state index contributed by atoms with van der Waals surface area (Å²) in [5, 5.41) is 23.4. The summed E-state index contributed by atoms with van der Waals surface area (Å²) in [5.41, 5.74) is 0. The third-order valence-corrected chi connectivity index (χ3v) is 16.8. The van der Waals surface area contributed by atoms with Crippen molar-refractivity contribution in [3.63, 3.8) is 0 Å². The molecule has 0 radical (unpaired) electrons. The highest BCUT2D eigenvalue weighted by molar-refractivity contribution is 5.76. The van der Waals surface area contributed by atoms with Gasteiger partial charge in [0.2, 0.25) is 5.91 Å². The van der Waals surface area contributed by atoms with Gasteiger partial charge in [-0.25, -0.2) is 0 Å². The topological polar surface area (TPSA) is 95.9 Å². The first-order chi connectivity index (χ1) is 38.5. The van der Waals surface area contributed by atoms with E-state index in [1.165, 1.54) is 321 Å². The average molecular weight is 1100 g/mol. The number of aliphatic hydroxyl groups is 2. The second-order valence-electron chi connectivity index (χ2n) is 24.6. The van der Waals surface area contributed by atoms with Crippen LogP contribution in [-0.4, -0.2) is 47.4 Å². The van der Waals surface area contributed by atoms with E-state index in [0.29, 0.717) is 25.9 Å². The molecule has 0 rings (SSSR count). The highest BCUT2D eigenvalue weighted by atomic mass is 16.5. The van der Waals surface area contributed by atoms with E-state index in [0.717, 1.165) is 44.9 Å². The summed E-state index contributed by atoms with van der Waals surface area (Å²) in [6.07, 6.45) is 85.1. The molecule has 0 aliphatic heterocycles. The van der Waals surface area contributed by atoms with Gasteiger partial charge in [0, 0.05) is 12.8 Å². The fraction of sp³-hybridized carbons (Fsp3) is 0.917. The molecule has 0 aliphatic carbocycles. The number of esters is 1. The molecule has 2 unspecified atom stereocenters. The Bertz CT molecular complexity index is 1220. The Labute approximate surface area is 488 Å². The van der Waals surface area contributed by atoms with Gasteiger partial charge in [0.25, 0.3) is 0 Å². The first-order valence-corrected chi connectivity index (χ1v) is 35.6. The maximum atomic E-state index is 12.5. The van der Waals surface area contributed by atoms with Crippen molar-refractivity contribution in [1.82, 2.24) is 5.32 Å². The number of rotatable bonds is 67. The maximum Gasteiger partial charge on any atom is 0.305 e. The van der Waals surface area contributed by atoms with Gasteiger partial charge in [0.1, 0.15) is 0 Å². The molecule has 0 spiro atoms. The van der Waals surface area contributed by atoms with Crippen molar-refractivity contribution in [2.24, 2.45) is 0 Å². The molecule has 462 valence electrons. The zero-order valence-electron chi connectivity index (χ0n) is 52.9. The lowest BCUT2D eigenvalue weighted by Crippen LogP contribution is -2.45. The number of aliphatic hydroxyl groups excluding tert-OH is 2. The molecular formula is C72H139NO5. The van der Waals surface area contributed by atoms with E-state index in [9.17, 15) is 19.8 Å². The summed E-state index contributed by atoms with van der Waals surface area (Å²) in [6, 6.07) is -0.545. The molecule has 0 aromatic rings. The number of hydrogen-bond donors (Lipinski definition) is 3. The molecule has 3 N–H and O–H groups in total. The smallest absolute Gasteiger partial charge is 0.305 e. The van der Waals surface area contributed by atoms with E-state index in [1.807, 2.05) is 0 Å². The van der Waals surface area contributed by atoms with Crippen molar-refractivity contribution in [1.29, 1.82) is 0 Å². The molecule has 0 aromatic heterocycles. The Balaban J connectivity index is 3.42. The van der Waals surface area contributed by atoms with Crippen molar-refractivity contribution < 1.29 is 24.5 Å². The summed E-state index contributed by atoms with van der Waals surface area (Å²) in [5.74, 6) is -0.0215. The van der Waals surface area contributed by atoms with Crippen LogP contribution in [0.1, 0.15) is 399 Å². The Morgan fingerprint density at radius 3 is 0.974 bits per heavy atom. The van der Waals surface area contributed by atoms with Crippen molar-refractivity contribution in [3.8, 4) is 0 Å². The first kappa shape index (κ1) is 76.3. The van der Waals surface area contributed by atoms with Gasteiger partial charge in [-0.15, -0.1) is 0 Å². The third-order valence-electron chi connectivity index (χ3n) is 16.8. The summed E-state index contributed by atoms with van der Waals surface area (Å²) in [4.78, 5) is 24.6. The van der Waals surface area contributed by atoms with Gasteiger partial charge in [-0.1, -0.05) is 353 Å². The number of unbranched alkanes of at least 4 members (excludes halogenated alkanes) is 52. The Morgan fingerprint density at radius 2 is 0.641 bits per heavy atom. The summed E-state index contributed by atoms with van der Waals surface area (Å²) >= 11 is 0. The minimum atomic E-state index is -0.667. The fourth-order valence-corrected chi connectivity index (χ4v) is 11.3. The molecule has 0 fully saturated rings. The van der Waals surface area contributed by atoms with Gasteiger partial charge >= 0.3 is 5.97 Å². The standard InChI is InChI=1S/C72H139NO5/c1-3-5-7-9-11-13-15-17-18-19-20-21-29-32-35-38-41-44-48-52-56-60-64-70(75)69(68-74)73-71(76)65-61-57-53-49-45-42-39-36-33-30-27-25-23-22-24-26-28-31-34-37-40-43-47-51-55-59-63-67-78-72(77)66-62-58-54-50-46-16-14-12-10-8-6-4-2/h22-23,26,28,69-70,74-75H,3-21,24-25,27,29-68H2,1-2H3,(H,73,76)/b23-22-,28-26-.